The molecule has 0 saturated carbocycles. The minimum atomic E-state index is -5.31. The Bertz CT molecular complexity index is 2800. The molecule has 2 saturated heterocycles. The number of hydrogen-bond acceptors (Lipinski definition) is 6. The van der Waals surface area contributed by atoms with E-state index in [2.05, 4.69) is 0 Å². The largest absolute Gasteiger partial charge is 0.417 e. The first kappa shape index (κ1) is 43.8. The first-order chi connectivity index (χ1) is 29.8. The number of nitrogens with two attached hydrogens (primary N) is 2. The standard InChI is InChI=1S/C44H28F12N4O4/c45-41(46,47)32-13-19(57)5-9-24(32)26-11-7-21(15-34(26)43(51,52)53)59-36(61)18-30(38(59)62)29-17-31-37(28-4-2-1-3-23(28)29)40(64)60(39(31)63)22-8-12-27(35(16-22)44(54,55)56)25-10-6-20(58)14-33(25)42(48,49)50/h1-16,29-31,37H,17-18,57-58H2. The molecule has 8 nitrogen and oxygen atoms in total. The molecule has 332 valence electrons. The third kappa shape index (κ3) is 7.36. The molecule has 0 radical (unpaired) electrons. The number of benzene rings is 5. The highest BCUT2D eigenvalue weighted by molar-refractivity contribution is 6.25. The van der Waals surface area contributed by atoms with E-state index in [1.165, 1.54) is 24.3 Å². The van der Waals surface area contributed by atoms with Crippen LogP contribution in [0.5, 0.6) is 0 Å². The van der Waals surface area contributed by atoms with Crippen molar-refractivity contribution in [2.24, 2.45) is 11.8 Å². The van der Waals surface area contributed by atoms with E-state index in [1.54, 1.807) is 0 Å². The number of rotatable bonds is 5. The monoisotopic (exact) mass is 904 g/mol. The number of imide groups is 2. The second-order valence-corrected chi connectivity index (χ2v) is 15.5. The molecular formula is C44H28F12N4O4. The molecule has 5 aromatic carbocycles. The van der Waals surface area contributed by atoms with Gasteiger partial charge in [0.1, 0.15) is 0 Å². The van der Waals surface area contributed by atoms with Crippen LogP contribution in [0.25, 0.3) is 22.3 Å². The van der Waals surface area contributed by atoms with Crippen LogP contribution >= 0.6 is 0 Å². The van der Waals surface area contributed by atoms with Gasteiger partial charge in [0.05, 0.1) is 51.4 Å². The van der Waals surface area contributed by atoms with Crippen LogP contribution in [-0.4, -0.2) is 23.6 Å². The van der Waals surface area contributed by atoms with Gasteiger partial charge in [-0.05, 0) is 94.3 Å². The number of anilines is 4. The van der Waals surface area contributed by atoms with Crippen LogP contribution < -0.4 is 21.3 Å². The highest BCUT2D eigenvalue weighted by Crippen LogP contribution is 2.54. The Hall–Kier alpha value is -6.86. The summed E-state index contributed by atoms with van der Waals surface area (Å²) in [6.45, 7) is 0. The molecule has 0 aromatic heterocycles. The van der Waals surface area contributed by atoms with Crippen molar-refractivity contribution < 1.29 is 71.9 Å². The Morgan fingerprint density at radius 1 is 0.438 bits per heavy atom. The fourth-order valence-electron chi connectivity index (χ4n) is 9.07. The van der Waals surface area contributed by atoms with E-state index in [0.717, 1.165) is 36.4 Å². The Morgan fingerprint density at radius 2 is 0.828 bits per heavy atom. The van der Waals surface area contributed by atoms with Gasteiger partial charge in [-0.15, -0.1) is 0 Å². The van der Waals surface area contributed by atoms with Gasteiger partial charge in [-0.2, -0.15) is 52.7 Å². The second kappa shape index (κ2) is 14.9. The smallest absolute Gasteiger partial charge is 0.399 e. The minimum absolute atomic E-state index is 0.167. The molecule has 0 spiro atoms. The molecule has 4 N–H and O–H groups in total. The first-order valence-electron chi connectivity index (χ1n) is 19.0. The average molecular weight is 905 g/mol. The van der Waals surface area contributed by atoms with E-state index < -0.39 is 134 Å². The summed E-state index contributed by atoms with van der Waals surface area (Å²) in [4.78, 5) is 57.0. The molecule has 3 aliphatic rings. The Kier molecular flexibility index (Phi) is 10.2. The fourth-order valence-corrected chi connectivity index (χ4v) is 9.07. The Labute approximate surface area is 353 Å². The van der Waals surface area contributed by atoms with Crippen LogP contribution in [0, 0.1) is 11.8 Å². The van der Waals surface area contributed by atoms with Crippen molar-refractivity contribution in [2.45, 2.75) is 49.4 Å². The van der Waals surface area contributed by atoms with Gasteiger partial charge in [-0.3, -0.25) is 24.1 Å². The molecule has 5 aromatic rings. The van der Waals surface area contributed by atoms with Crippen molar-refractivity contribution in [3.63, 3.8) is 0 Å². The maximum absolute atomic E-state index is 14.6. The fraction of sp³-hybridized carbons (Fsp3) is 0.227. The number of nitrogen functional groups attached to an aromatic ring is 2. The van der Waals surface area contributed by atoms with E-state index in [-0.39, 0.29) is 28.9 Å². The average Bonchev–Trinajstić information content (AvgIpc) is 3.65. The van der Waals surface area contributed by atoms with Gasteiger partial charge in [0.15, 0.2) is 0 Å². The zero-order valence-electron chi connectivity index (χ0n) is 32.2. The molecule has 1 aliphatic carbocycles. The van der Waals surface area contributed by atoms with Crippen molar-refractivity contribution >= 4 is 46.4 Å². The SMILES string of the molecule is Nc1ccc(-c2ccc(N3C(=O)CC(C4CC5C(=O)N(c6ccc(-c7ccc(N)cc7C(F)(F)F)c(C(F)(F)F)c6)C(=O)C5c5ccccc54)C3=O)cc2C(F)(F)F)c(C(F)(F)F)c1. The third-order valence-corrected chi connectivity index (χ3v) is 11.7. The van der Waals surface area contributed by atoms with Gasteiger partial charge in [0.2, 0.25) is 23.6 Å². The van der Waals surface area contributed by atoms with Crippen molar-refractivity contribution in [3.8, 4) is 22.3 Å². The minimum Gasteiger partial charge on any atom is -0.399 e. The lowest BCUT2D eigenvalue weighted by atomic mass is 9.67. The molecule has 4 unspecified atom stereocenters. The van der Waals surface area contributed by atoms with Gasteiger partial charge in [0.25, 0.3) is 0 Å². The molecule has 8 rings (SSSR count). The summed E-state index contributed by atoms with van der Waals surface area (Å²) in [5, 5.41) is 0. The maximum Gasteiger partial charge on any atom is 0.417 e. The topological polar surface area (TPSA) is 127 Å². The third-order valence-electron chi connectivity index (χ3n) is 11.7. The summed E-state index contributed by atoms with van der Waals surface area (Å²) in [5.41, 5.74) is -0.314. The maximum atomic E-state index is 14.6. The van der Waals surface area contributed by atoms with E-state index in [1.807, 2.05) is 0 Å². The molecular weight excluding hydrogens is 876 g/mol. The summed E-state index contributed by atoms with van der Waals surface area (Å²) < 4.78 is 171. The van der Waals surface area contributed by atoms with Crippen LogP contribution in [0.15, 0.2) is 97.1 Å². The Morgan fingerprint density at radius 3 is 1.28 bits per heavy atom. The van der Waals surface area contributed by atoms with Gasteiger partial charge in [-0.25, -0.2) is 4.90 Å². The summed E-state index contributed by atoms with van der Waals surface area (Å²) in [7, 11) is 0. The predicted octanol–water partition coefficient (Wildman–Crippen LogP) is 10.6. The predicted molar refractivity (Wildman–Crippen MR) is 206 cm³/mol. The lowest BCUT2D eigenvalue weighted by Gasteiger charge is -2.34. The van der Waals surface area contributed by atoms with Crippen molar-refractivity contribution in [1.29, 1.82) is 0 Å². The number of hydrogen-bond donors (Lipinski definition) is 2. The molecule has 20 heteroatoms. The molecule has 4 atom stereocenters. The van der Waals surface area contributed by atoms with Crippen molar-refractivity contribution in [1.82, 2.24) is 0 Å². The zero-order valence-corrected chi connectivity index (χ0v) is 32.2. The summed E-state index contributed by atoms with van der Waals surface area (Å²) in [6, 6.07) is 14.2. The molecule has 4 amide bonds. The molecule has 2 fully saturated rings. The number of carbonyl (C=O) groups is 4. The zero-order chi connectivity index (χ0) is 46.6. The van der Waals surface area contributed by atoms with E-state index >= 15 is 0 Å². The van der Waals surface area contributed by atoms with Crippen molar-refractivity contribution in [3.05, 3.63) is 130 Å². The van der Waals surface area contributed by atoms with Crippen LogP contribution in [0.4, 0.5) is 75.4 Å². The Balaban J connectivity index is 1.14. The van der Waals surface area contributed by atoms with E-state index in [0.29, 0.717) is 46.2 Å². The lowest BCUT2D eigenvalue weighted by molar-refractivity contribution is -0.139. The normalized spacial score (nSPS) is 20.6. The second-order valence-electron chi connectivity index (χ2n) is 15.5. The quantitative estimate of drug-likeness (QED) is 0.103. The van der Waals surface area contributed by atoms with Crippen LogP contribution in [0.3, 0.4) is 0 Å². The number of alkyl halides is 12. The number of amides is 4. The van der Waals surface area contributed by atoms with Gasteiger partial charge < -0.3 is 11.5 Å². The number of halogens is 12. The molecule has 64 heavy (non-hydrogen) atoms. The van der Waals surface area contributed by atoms with E-state index in [9.17, 15) is 71.9 Å². The van der Waals surface area contributed by atoms with Crippen molar-refractivity contribution in [2.75, 3.05) is 21.3 Å². The van der Waals surface area contributed by atoms with Gasteiger partial charge in [-0.1, -0.05) is 48.5 Å². The highest BCUT2D eigenvalue weighted by atomic mass is 19.4. The van der Waals surface area contributed by atoms with Crippen LogP contribution in [-0.2, 0) is 43.9 Å². The summed E-state index contributed by atoms with van der Waals surface area (Å²) >= 11 is 0. The molecule has 2 aliphatic heterocycles. The highest BCUT2D eigenvalue weighted by Gasteiger charge is 2.56. The number of carbonyl (C=O) groups excluding carboxylic acids is 4. The first-order valence-corrected chi connectivity index (χ1v) is 19.0. The van der Waals surface area contributed by atoms with Crippen LogP contribution in [0.1, 0.15) is 58.1 Å². The molecule has 0 bridgehead atoms. The lowest BCUT2D eigenvalue weighted by Crippen LogP contribution is -2.35. The van der Waals surface area contributed by atoms with Gasteiger partial charge >= 0.3 is 24.7 Å². The summed E-state index contributed by atoms with van der Waals surface area (Å²) in [6.07, 6.45) is -21.8. The number of nitrogens with zero attached hydrogens (tertiary/aromatic N) is 2. The van der Waals surface area contributed by atoms with E-state index in [4.69, 9.17) is 11.5 Å². The van der Waals surface area contributed by atoms with Gasteiger partial charge in [0, 0.05) is 17.8 Å². The molecule has 2 heterocycles. The van der Waals surface area contributed by atoms with Crippen LogP contribution in [0.2, 0.25) is 0 Å². The number of fused-ring (bicyclic) bond motifs is 3. The summed E-state index contributed by atoms with van der Waals surface area (Å²) in [5.74, 6) is -9.17.